The van der Waals surface area contributed by atoms with Gasteiger partial charge in [0, 0.05) is 45.0 Å². The van der Waals surface area contributed by atoms with Crippen LogP contribution in [0.3, 0.4) is 0 Å². The fraction of sp³-hybridized carbons (Fsp3) is 0.500. The van der Waals surface area contributed by atoms with Crippen molar-refractivity contribution >= 4 is 29.3 Å². The van der Waals surface area contributed by atoms with Crippen LogP contribution < -0.4 is 10.6 Å². The van der Waals surface area contributed by atoms with Crippen molar-refractivity contribution in [2.75, 3.05) is 64.0 Å². The van der Waals surface area contributed by atoms with Crippen LogP contribution >= 0.6 is 11.8 Å². The first-order chi connectivity index (χ1) is 13.5. The molecule has 0 bridgehead atoms. The summed E-state index contributed by atoms with van der Waals surface area (Å²) in [6.07, 6.45) is 0. The summed E-state index contributed by atoms with van der Waals surface area (Å²) >= 11 is 1.48. The first kappa shape index (κ1) is 20.7. The third kappa shape index (κ3) is 5.50. The topological polar surface area (TPSA) is 73.9 Å². The zero-order valence-electron chi connectivity index (χ0n) is 16.5. The second-order valence-electron chi connectivity index (χ2n) is 6.98. The Bertz CT molecular complexity index is 745. The fourth-order valence-corrected chi connectivity index (χ4v) is 4.01. The number of rotatable bonds is 6. The number of anilines is 1. The second-order valence-corrected chi connectivity index (χ2v) is 8.09. The maximum Gasteiger partial charge on any atom is 0.265 e. The number of likely N-dealkylation sites (N-methyl/N-ethyl adjacent to an activating group) is 1. The molecule has 7 nitrogen and oxygen atoms in total. The molecule has 1 aromatic rings. The van der Waals surface area contributed by atoms with Gasteiger partial charge in [-0.2, -0.15) is 0 Å². The summed E-state index contributed by atoms with van der Waals surface area (Å²) in [7, 11) is 2.12. The van der Waals surface area contributed by atoms with Crippen molar-refractivity contribution in [2.45, 2.75) is 6.92 Å². The van der Waals surface area contributed by atoms with Gasteiger partial charge in [0.25, 0.3) is 11.8 Å². The molecule has 2 aliphatic rings. The molecule has 1 fully saturated rings. The number of thioether (sulfide) groups is 1. The van der Waals surface area contributed by atoms with E-state index >= 15 is 0 Å². The zero-order valence-corrected chi connectivity index (χ0v) is 17.3. The maximum absolute atomic E-state index is 12.7. The van der Waals surface area contributed by atoms with Crippen LogP contribution in [0.1, 0.15) is 17.3 Å². The van der Waals surface area contributed by atoms with Crippen LogP contribution in [0.2, 0.25) is 0 Å². The Morgan fingerprint density at radius 3 is 2.64 bits per heavy atom. The molecule has 152 valence electrons. The van der Waals surface area contributed by atoms with Gasteiger partial charge >= 0.3 is 0 Å². The lowest BCUT2D eigenvalue weighted by molar-refractivity contribution is -0.112. The average molecular weight is 405 g/mol. The molecule has 2 N–H and O–H groups in total. The normalized spacial score (nSPS) is 18.5. The number of nitrogens with zero attached hydrogens (tertiary/aromatic N) is 2. The quantitative estimate of drug-likeness (QED) is 0.750. The van der Waals surface area contributed by atoms with Crippen LogP contribution in [-0.4, -0.2) is 80.3 Å². The Hall–Kier alpha value is -2.03. The maximum atomic E-state index is 12.7. The van der Waals surface area contributed by atoms with Crippen LogP contribution in [0.4, 0.5) is 5.69 Å². The SMILES string of the molecule is CC1=C(C(=O)Nc2ccccc2C(=O)NCCN2CCN(C)CC2)SCCO1. The third-order valence-electron chi connectivity index (χ3n) is 4.90. The number of hydrogen-bond donors (Lipinski definition) is 2. The van der Waals surface area contributed by atoms with Gasteiger partial charge < -0.3 is 20.3 Å². The predicted molar refractivity (Wildman–Crippen MR) is 112 cm³/mol. The lowest BCUT2D eigenvalue weighted by Gasteiger charge is -2.32. The van der Waals surface area contributed by atoms with Crippen LogP contribution in [-0.2, 0) is 9.53 Å². The Morgan fingerprint density at radius 1 is 1.14 bits per heavy atom. The van der Waals surface area contributed by atoms with Gasteiger partial charge in [-0.1, -0.05) is 12.1 Å². The van der Waals surface area contributed by atoms with E-state index in [4.69, 9.17) is 4.74 Å². The minimum absolute atomic E-state index is 0.178. The summed E-state index contributed by atoms with van der Waals surface area (Å²) < 4.78 is 5.46. The van der Waals surface area contributed by atoms with Crippen molar-refractivity contribution in [3.05, 3.63) is 40.5 Å². The highest BCUT2D eigenvalue weighted by Gasteiger charge is 2.21. The summed E-state index contributed by atoms with van der Waals surface area (Å²) in [5, 5.41) is 5.83. The van der Waals surface area contributed by atoms with Crippen LogP contribution in [0.25, 0.3) is 0 Å². The van der Waals surface area contributed by atoms with Gasteiger partial charge in [-0.05, 0) is 26.1 Å². The van der Waals surface area contributed by atoms with Crippen LogP contribution in [0, 0.1) is 0 Å². The minimum Gasteiger partial charge on any atom is -0.496 e. The lowest BCUT2D eigenvalue weighted by atomic mass is 10.1. The molecule has 0 saturated carbocycles. The number of allylic oxidation sites excluding steroid dienone is 1. The van der Waals surface area contributed by atoms with Crippen molar-refractivity contribution in [2.24, 2.45) is 0 Å². The van der Waals surface area contributed by atoms with Gasteiger partial charge in [0.2, 0.25) is 0 Å². The van der Waals surface area contributed by atoms with Crippen molar-refractivity contribution in [1.82, 2.24) is 15.1 Å². The van der Waals surface area contributed by atoms with Crippen molar-refractivity contribution in [3.8, 4) is 0 Å². The molecule has 0 aromatic heterocycles. The van der Waals surface area contributed by atoms with Gasteiger partial charge in [-0.3, -0.25) is 14.5 Å². The molecule has 28 heavy (non-hydrogen) atoms. The number of benzene rings is 1. The Morgan fingerprint density at radius 2 is 1.89 bits per heavy atom. The summed E-state index contributed by atoms with van der Waals surface area (Å²) in [5.74, 6) is 0.958. The third-order valence-corrected chi connectivity index (χ3v) is 6.04. The van der Waals surface area contributed by atoms with Crippen molar-refractivity contribution in [1.29, 1.82) is 0 Å². The van der Waals surface area contributed by atoms with Gasteiger partial charge in [0.1, 0.15) is 10.7 Å². The molecule has 1 saturated heterocycles. The number of amides is 2. The Balaban J connectivity index is 1.57. The zero-order chi connectivity index (χ0) is 19.9. The highest BCUT2D eigenvalue weighted by molar-refractivity contribution is 8.04. The van der Waals surface area contributed by atoms with Crippen LogP contribution in [0.5, 0.6) is 0 Å². The molecular weight excluding hydrogens is 376 g/mol. The van der Waals surface area contributed by atoms with Crippen molar-refractivity contribution < 1.29 is 14.3 Å². The molecule has 0 atom stereocenters. The highest BCUT2D eigenvalue weighted by Crippen LogP contribution is 2.27. The van der Waals surface area contributed by atoms with Gasteiger partial charge in [-0.15, -0.1) is 11.8 Å². The molecule has 0 spiro atoms. The Labute approximate surface area is 170 Å². The number of piperazine rings is 1. The lowest BCUT2D eigenvalue weighted by Crippen LogP contribution is -2.46. The summed E-state index contributed by atoms with van der Waals surface area (Å²) in [6.45, 7) is 7.96. The molecule has 2 aliphatic heterocycles. The van der Waals surface area contributed by atoms with Crippen molar-refractivity contribution in [3.63, 3.8) is 0 Å². The molecule has 0 aliphatic carbocycles. The van der Waals surface area contributed by atoms with E-state index in [0.29, 0.717) is 35.1 Å². The molecule has 1 aromatic carbocycles. The number of nitrogens with one attached hydrogen (secondary N) is 2. The Kier molecular flexibility index (Phi) is 7.36. The fourth-order valence-electron chi connectivity index (χ4n) is 3.19. The van der Waals surface area contributed by atoms with Gasteiger partial charge in [0.05, 0.1) is 17.9 Å². The second kappa shape index (κ2) is 9.95. The number of carbonyl (C=O) groups is 2. The molecule has 2 heterocycles. The molecule has 0 radical (unpaired) electrons. The van der Waals surface area contributed by atoms with E-state index in [0.717, 1.165) is 38.5 Å². The molecule has 0 unspecified atom stereocenters. The standard InChI is InChI=1S/C20H28N4O3S/c1-15-18(28-14-13-27-15)20(26)22-17-6-4-3-5-16(17)19(25)21-7-8-24-11-9-23(2)10-12-24/h3-6H,7-14H2,1-2H3,(H,21,25)(H,22,26). The number of hydrogen-bond acceptors (Lipinski definition) is 6. The van der Waals surface area contributed by atoms with Gasteiger partial charge in [0.15, 0.2) is 0 Å². The molecule has 2 amide bonds. The van der Waals surface area contributed by atoms with E-state index < -0.39 is 0 Å². The molecular formula is C20H28N4O3S. The van der Waals surface area contributed by atoms with E-state index in [-0.39, 0.29) is 11.8 Å². The number of para-hydroxylation sites is 1. The largest absolute Gasteiger partial charge is 0.496 e. The summed E-state index contributed by atoms with van der Waals surface area (Å²) in [6, 6.07) is 7.08. The summed E-state index contributed by atoms with van der Waals surface area (Å²) in [4.78, 5) is 30.5. The van der Waals surface area contributed by atoms with E-state index in [1.807, 2.05) is 6.07 Å². The van der Waals surface area contributed by atoms with E-state index in [9.17, 15) is 9.59 Å². The average Bonchev–Trinajstić information content (AvgIpc) is 2.70. The smallest absolute Gasteiger partial charge is 0.265 e. The monoisotopic (exact) mass is 404 g/mol. The summed E-state index contributed by atoms with van der Waals surface area (Å²) in [5.41, 5.74) is 0.977. The van der Waals surface area contributed by atoms with Crippen LogP contribution in [0.15, 0.2) is 34.9 Å². The van der Waals surface area contributed by atoms with E-state index in [2.05, 4.69) is 27.5 Å². The molecule has 8 heteroatoms. The highest BCUT2D eigenvalue weighted by atomic mass is 32.2. The first-order valence-electron chi connectivity index (χ1n) is 9.60. The van der Waals surface area contributed by atoms with E-state index in [1.54, 1.807) is 25.1 Å². The first-order valence-corrected chi connectivity index (χ1v) is 10.6. The molecule has 3 rings (SSSR count). The van der Waals surface area contributed by atoms with Gasteiger partial charge in [-0.25, -0.2) is 0 Å². The van der Waals surface area contributed by atoms with E-state index in [1.165, 1.54) is 11.8 Å². The predicted octanol–water partition coefficient (Wildman–Crippen LogP) is 1.60. The number of carbonyl (C=O) groups excluding carboxylic acids is 2. The number of ether oxygens (including phenoxy) is 1. The minimum atomic E-state index is -0.236.